The van der Waals surface area contributed by atoms with Crippen molar-refractivity contribution in [1.82, 2.24) is 0 Å². The maximum absolute atomic E-state index is 9.14. The minimum Gasteiger partial charge on any atom is -0.396 e. The van der Waals surface area contributed by atoms with Crippen LogP contribution in [0.3, 0.4) is 0 Å². The highest BCUT2D eigenvalue weighted by atomic mass is 16.2. The van der Waals surface area contributed by atoms with Crippen molar-refractivity contribution in [2.24, 2.45) is 16.7 Å². The Morgan fingerprint density at radius 1 is 1.25 bits per heavy atom. The van der Waals surface area contributed by atoms with Gasteiger partial charge in [0.15, 0.2) is 0 Å². The molecule has 1 aliphatic rings. The average molecular weight is 226 g/mol. The molecule has 0 saturated heterocycles. The molecule has 1 N–H and O–H groups in total. The highest BCUT2D eigenvalue weighted by Gasteiger charge is 2.48. The van der Waals surface area contributed by atoms with Crippen molar-refractivity contribution in [2.75, 3.05) is 6.61 Å². The van der Waals surface area contributed by atoms with E-state index < -0.39 is 0 Å². The van der Waals surface area contributed by atoms with E-state index in [1.54, 1.807) is 0 Å². The van der Waals surface area contributed by atoms with Crippen molar-refractivity contribution in [1.29, 1.82) is 0 Å². The van der Waals surface area contributed by atoms with Gasteiger partial charge in [-0.25, -0.2) is 0 Å². The highest BCUT2D eigenvalue weighted by Crippen LogP contribution is 2.58. The van der Waals surface area contributed by atoms with Crippen LogP contribution in [0.5, 0.6) is 0 Å². The molecule has 0 spiro atoms. The van der Waals surface area contributed by atoms with Crippen molar-refractivity contribution < 1.29 is 5.11 Å². The third-order valence-corrected chi connectivity index (χ3v) is 5.21. The topological polar surface area (TPSA) is 20.2 Å². The fourth-order valence-corrected chi connectivity index (χ4v) is 4.18. The van der Waals surface area contributed by atoms with Gasteiger partial charge in [-0.15, -0.1) is 0 Å². The van der Waals surface area contributed by atoms with Crippen LogP contribution in [0.25, 0.3) is 0 Å². The molecule has 1 heteroatoms. The predicted molar refractivity (Wildman–Crippen MR) is 70.5 cm³/mol. The minimum atomic E-state index is 0.355. The van der Waals surface area contributed by atoms with Crippen molar-refractivity contribution in [2.45, 2.75) is 72.6 Å². The third kappa shape index (κ3) is 2.45. The molecule has 2 atom stereocenters. The molecule has 0 radical (unpaired) electrons. The molecule has 0 heterocycles. The van der Waals surface area contributed by atoms with E-state index in [1.165, 1.54) is 38.5 Å². The van der Waals surface area contributed by atoms with Crippen LogP contribution in [0, 0.1) is 16.7 Å². The quantitative estimate of drug-likeness (QED) is 0.737. The molecule has 0 aromatic rings. The normalized spacial score (nSPS) is 33.9. The van der Waals surface area contributed by atoms with Gasteiger partial charge in [-0.3, -0.25) is 0 Å². The molecule has 0 aliphatic heterocycles. The minimum absolute atomic E-state index is 0.355. The summed E-state index contributed by atoms with van der Waals surface area (Å²) in [6.07, 6.45) is 8.94. The molecular formula is C15H30O. The molecular weight excluding hydrogens is 196 g/mol. The Balaban J connectivity index is 2.90. The van der Waals surface area contributed by atoms with Gasteiger partial charge in [0.1, 0.15) is 0 Å². The van der Waals surface area contributed by atoms with Crippen molar-refractivity contribution in [3.63, 3.8) is 0 Å². The van der Waals surface area contributed by atoms with Crippen LogP contribution in [0.1, 0.15) is 72.6 Å². The van der Waals surface area contributed by atoms with E-state index >= 15 is 0 Å². The Kier molecular flexibility index (Phi) is 4.85. The zero-order valence-corrected chi connectivity index (χ0v) is 11.7. The Hall–Kier alpha value is -0.0400. The first-order valence-corrected chi connectivity index (χ1v) is 7.11. The van der Waals surface area contributed by atoms with Crippen molar-refractivity contribution >= 4 is 0 Å². The van der Waals surface area contributed by atoms with E-state index in [4.69, 9.17) is 5.11 Å². The average Bonchev–Trinajstić information content (AvgIpc) is 2.21. The Morgan fingerprint density at radius 2 is 1.94 bits per heavy atom. The maximum Gasteiger partial charge on any atom is 0.0431 e. The summed E-state index contributed by atoms with van der Waals surface area (Å²) in [7, 11) is 0. The van der Waals surface area contributed by atoms with E-state index in [0.29, 0.717) is 17.4 Å². The first-order valence-electron chi connectivity index (χ1n) is 7.11. The van der Waals surface area contributed by atoms with E-state index in [-0.39, 0.29) is 0 Å². The van der Waals surface area contributed by atoms with E-state index in [2.05, 4.69) is 27.7 Å². The molecule has 0 aromatic heterocycles. The number of hydrogen-bond acceptors (Lipinski definition) is 1. The summed E-state index contributed by atoms with van der Waals surface area (Å²) in [5.74, 6) is 0.822. The molecule has 0 bridgehead atoms. The second kappa shape index (κ2) is 5.53. The Labute approximate surface area is 102 Å². The molecule has 0 amide bonds. The molecule has 1 aliphatic carbocycles. The van der Waals surface area contributed by atoms with Crippen LogP contribution >= 0.6 is 0 Å². The highest BCUT2D eigenvalue weighted by molar-refractivity contribution is 4.98. The smallest absolute Gasteiger partial charge is 0.0431 e. The van der Waals surface area contributed by atoms with E-state index in [0.717, 1.165) is 12.3 Å². The van der Waals surface area contributed by atoms with Gasteiger partial charge in [0, 0.05) is 6.61 Å². The second-order valence-electron chi connectivity index (χ2n) is 6.41. The monoisotopic (exact) mass is 226 g/mol. The van der Waals surface area contributed by atoms with Crippen LogP contribution < -0.4 is 0 Å². The summed E-state index contributed by atoms with van der Waals surface area (Å²) in [6, 6.07) is 0. The lowest BCUT2D eigenvalue weighted by Gasteiger charge is -2.55. The van der Waals surface area contributed by atoms with E-state index in [1.807, 2.05) is 0 Å². The van der Waals surface area contributed by atoms with Crippen LogP contribution in [0.2, 0.25) is 0 Å². The molecule has 96 valence electrons. The summed E-state index contributed by atoms with van der Waals surface area (Å²) in [6.45, 7) is 10.0. The second-order valence-corrected chi connectivity index (χ2v) is 6.41. The van der Waals surface area contributed by atoms with Crippen LogP contribution in [-0.4, -0.2) is 11.7 Å². The fraction of sp³-hybridized carbons (Fsp3) is 1.00. The van der Waals surface area contributed by atoms with Crippen LogP contribution in [0.15, 0.2) is 0 Å². The molecule has 0 aromatic carbocycles. The van der Waals surface area contributed by atoms with Gasteiger partial charge in [0.25, 0.3) is 0 Å². The largest absolute Gasteiger partial charge is 0.396 e. The Bertz CT molecular complexity index is 209. The lowest BCUT2D eigenvalue weighted by molar-refractivity contribution is -0.0535. The third-order valence-electron chi connectivity index (χ3n) is 5.21. The molecule has 2 unspecified atom stereocenters. The summed E-state index contributed by atoms with van der Waals surface area (Å²) < 4.78 is 0. The first-order chi connectivity index (χ1) is 7.50. The molecule has 1 fully saturated rings. The number of aliphatic hydroxyl groups is 1. The van der Waals surface area contributed by atoms with Crippen LogP contribution in [-0.2, 0) is 0 Å². The Morgan fingerprint density at radius 3 is 2.44 bits per heavy atom. The lowest BCUT2D eigenvalue weighted by Crippen LogP contribution is -2.46. The number of aliphatic hydroxyl groups excluding tert-OH is 1. The predicted octanol–water partition coefficient (Wildman–Crippen LogP) is 4.39. The SMILES string of the molecule is CCCC1(CCCO)C(C)CCCC1(C)C. The zero-order valence-electron chi connectivity index (χ0n) is 11.7. The lowest BCUT2D eigenvalue weighted by atomic mass is 9.50. The van der Waals surface area contributed by atoms with Gasteiger partial charge in [0.2, 0.25) is 0 Å². The summed E-state index contributed by atoms with van der Waals surface area (Å²) in [4.78, 5) is 0. The summed E-state index contributed by atoms with van der Waals surface area (Å²) >= 11 is 0. The number of hydrogen-bond donors (Lipinski definition) is 1. The first kappa shape index (κ1) is 14.0. The molecule has 1 nitrogen and oxygen atoms in total. The summed E-state index contributed by atoms with van der Waals surface area (Å²) in [5, 5.41) is 9.14. The van der Waals surface area contributed by atoms with Gasteiger partial charge >= 0.3 is 0 Å². The number of rotatable bonds is 5. The van der Waals surface area contributed by atoms with Gasteiger partial charge in [-0.05, 0) is 42.4 Å². The van der Waals surface area contributed by atoms with Crippen LogP contribution in [0.4, 0.5) is 0 Å². The zero-order chi connectivity index (χ0) is 12.2. The van der Waals surface area contributed by atoms with Gasteiger partial charge in [-0.2, -0.15) is 0 Å². The maximum atomic E-state index is 9.14. The molecule has 1 rings (SSSR count). The van der Waals surface area contributed by atoms with E-state index in [9.17, 15) is 0 Å². The van der Waals surface area contributed by atoms with Crippen molar-refractivity contribution in [3.8, 4) is 0 Å². The molecule has 1 saturated carbocycles. The molecule has 16 heavy (non-hydrogen) atoms. The summed E-state index contributed by atoms with van der Waals surface area (Å²) in [5.41, 5.74) is 0.929. The standard InChI is InChI=1S/C15H30O/c1-5-9-15(11-7-12-16)13(2)8-6-10-14(15,3)4/h13,16H,5-12H2,1-4H3. The van der Waals surface area contributed by atoms with Gasteiger partial charge in [-0.1, -0.05) is 47.0 Å². The van der Waals surface area contributed by atoms with Gasteiger partial charge < -0.3 is 5.11 Å². The van der Waals surface area contributed by atoms with Crippen molar-refractivity contribution in [3.05, 3.63) is 0 Å². The fourth-order valence-electron chi connectivity index (χ4n) is 4.18. The van der Waals surface area contributed by atoms with Gasteiger partial charge in [0.05, 0.1) is 0 Å².